The molecule has 0 radical (unpaired) electrons. The van der Waals surface area contributed by atoms with Crippen LogP contribution in [0.1, 0.15) is 433 Å². The summed E-state index contributed by atoms with van der Waals surface area (Å²) in [5.41, 5.74) is 0. The summed E-state index contributed by atoms with van der Waals surface area (Å²) in [4.78, 5) is 73.0. The summed E-state index contributed by atoms with van der Waals surface area (Å²) in [6, 6.07) is 0. The Morgan fingerprint density at radius 1 is 0.277 bits per heavy atom. The van der Waals surface area contributed by atoms with E-state index < -0.39 is 97.5 Å². The van der Waals surface area contributed by atoms with Crippen molar-refractivity contribution in [3.63, 3.8) is 0 Å². The molecule has 0 aliphatic carbocycles. The van der Waals surface area contributed by atoms with Gasteiger partial charge in [-0.1, -0.05) is 382 Å². The Labute approximate surface area is 619 Å². The molecule has 19 heteroatoms. The quantitative estimate of drug-likeness (QED) is 0.0222. The zero-order valence-electron chi connectivity index (χ0n) is 66.2. The normalized spacial score (nSPS) is 14.4. The Hall–Kier alpha value is -1.94. The number of ether oxygens (including phenoxy) is 4. The van der Waals surface area contributed by atoms with Crippen molar-refractivity contribution >= 4 is 39.5 Å². The number of hydrogen-bond acceptors (Lipinski definition) is 15. The number of carbonyl (C=O) groups is 4. The first-order valence-electron chi connectivity index (χ1n) is 42.6. The van der Waals surface area contributed by atoms with Crippen LogP contribution >= 0.6 is 15.6 Å². The maximum absolute atomic E-state index is 13.1. The van der Waals surface area contributed by atoms with Crippen LogP contribution in [0.4, 0.5) is 0 Å². The van der Waals surface area contributed by atoms with Crippen molar-refractivity contribution in [1.82, 2.24) is 0 Å². The number of aliphatic hydroxyl groups is 1. The van der Waals surface area contributed by atoms with Gasteiger partial charge in [0.15, 0.2) is 12.2 Å². The van der Waals surface area contributed by atoms with Crippen molar-refractivity contribution in [2.75, 3.05) is 39.6 Å². The molecule has 0 rings (SSSR count). The van der Waals surface area contributed by atoms with Crippen molar-refractivity contribution in [2.45, 2.75) is 452 Å². The van der Waals surface area contributed by atoms with Gasteiger partial charge in [0, 0.05) is 25.7 Å². The number of phosphoric acid groups is 2. The van der Waals surface area contributed by atoms with Gasteiger partial charge in [-0.3, -0.25) is 37.3 Å². The first kappa shape index (κ1) is 99.1. The molecule has 0 amide bonds. The van der Waals surface area contributed by atoms with E-state index in [2.05, 4.69) is 41.5 Å². The van der Waals surface area contributed by atoms with Crippen LogP contribution in [-0.4, -0.2) is 96.7 Å². The highest BCUT2D eigenvalue weighted by molar-refractivity contribution is 7.47. The number of hydrogen-bond donors (Lipinski definition) is 3. The second-order valence-electron chi connectivity index (χ2n) is 30.0. The lowest BCUT2D eigenvalue weighted by atomic mass is 9.99. The highest BCUT2D eigenvalue weighted by atomic mass is 31.2. The van der Waals surface area contributed by atoms with Crippen LogP contribution in [0.25, 0.3) is 0 Å². The Morgan fingerprint density at radius 3 is 0.703 bits per heavy atom. The minimum atomic E-state index is -4.96. The molecule has 0 aromatic rings. The van der Waals surface area contributed by atoms with E-state index in [1.807, 2.05) is 0 Å². The molecule has 600 valence electrons. The lowest BCUT2D eigenvalue weighted by molar-refractivity contribution is -0.161. The van der Waals surface area contributed by atoms with Crippen molar-refractivity contribution in [3.8, 4) is 0 Å². The van der Waals surface area contributed by atoms with Gasteiger partial charge in [0.1, 0.15) is 19.3 Å². The molecule has 0 saturated carbocycles. The first-order valence-corrected chi connectivity index (χ1v) is 45.6. The van der Waals surface area contributed by atoms with Crippen LogP contribution in [-0.2, 0) is 65.4 Å². The standard InChI is InChI=1S/C82H160O17P2/c1-7-11-13-15-17-19-20-21-22-23-31-36-42-48-54-60-66-81(86)98-77(70-92-79(84)64-58-52-46-38-18-16-14-12-8-2)72-96-100(88,89)94-68-76(83)69-95-101(90,91)97-73-78(99-82(87)67-61-55-49-43-37-32-27-25-29-34-40-45-51-57-63-75(6)10-4)71-93-80(85)65-59-53-47-41-35-30-26-24-28-33-39-44-50-56-62-74(5)9-3/h74-78,83H,7-73H2,1-6H3,(H,88,89)(H,90,91)/t74?,75?,76-,77+,78+/m0/s1. The third kappa shape index (κ3) is 73.4. The predicted octanol–water partition coefficient (Wildman–Crippen LogP) is 24.7. The topological polar surface area (TPSA) is 237 Å². The molecule has 3 N–H and O–H groups in total. The van der Waals surface area contributed by atoms with Gasteiger partial charge in [0.25, 0.3) is 0 Å². The summed E-state index contributed by atoms with van der Waals surface area (Å²) < 4.78 is 68.7. The second-order valence-corrected chi connectivity index (χ2v) is 32.9. The Morgan fingerprint density at radius 2 is 0.475 bits per heavy atom. The van der Waals surface area contributed by atoms with E-state index in [0.717, 1.165) is 102 Å². The minimum Gasteiger partial charge on any atom is -0.462 e. The number of carbonyl (C=O) groups excluding carboxylic acids is 4. The number of phosphoric ester groups is 2. The third-order valence-corrected chi connectivity index (χ3v) is 21.8. The molecule has 0 aromatic heterocycles. The van der Waals surface area contributed by atoms with E-state index in [-0.39, 0.29) is 25.7 Å². The van der Waals surface area contributed by atoms with Crippen molar-refractivity contribution in [1.29, 1.82) is 0 Å². The SMILES string of the molecule is CCCCCCCCCCCCCCCCCCC(=O)O[C@H](COC(=O)CCCCCCCCCCC)COP(=O)(O)OC[C@H](O)COP(=O)(O)OC[C@@H](COC(=O)CCCCCCCCCCCCCCCCC(C)CC)OC(=O)CCCCCCCCCCCCCCCCC(C)CC. The zero-order chi connectivity index (χ0) is 74.2. The monoisotopic (exact) mass is 1480 g/mol. The van der Waals surface area contributed by atoms with E-state index in [1.165, 1.54) is 250 Å². The fourth-order valence-electron chi connectivity index (χ4n) is 12.6. The van der Waals surface area contributed by atoms with Gasteiger partial charge < -0.3 is 33.8 Å². The van der Waals surface area contributed by atoms with Gasteiger partial charge in [-0.15, -0.1) is 0 Å². The van der Waals surface area contributed by atoms with Crippen LogP contribution in [0.2, 0.25) is 0 Å². The van der Waals surface area contributed by atoms with Gasteiger partial charge in [0.05, 0.1) is 26.4 Å². The molecule has 0 bridgehead atoms. The number of esters is 4. The predicted molar refractivity (Wildman–Crippen MR) is 414 cm³/mol. The maximum Gasteiger partial charge on any atom is 0.472 e. The van der Waals surface area contributed by atoms with Crippen LogP contribution in [0, 0.1) is 11.8 Å². The summed E-state index contributed by atoms with van der Waals surface area (Å²) in [7, 11) is -9.92. The van der Waals surface area contributed by atoms with Gasteiger partial charge in [-0.05, 0) is 37.5 Å². The summed E-state index contributed by atoms with van der Waals surface area (Å²) >= 11 is 0. The molecular formula is C82H160O17P2. The van der Waals surface area contributed by atoms with E-state index in [1.54, 1.807) is 0 Å². The number of aliphatic hydroxyl groups excluding tert-OH is 1. The fourth-order valence-corrected chi connectivity index (χ4v) is 14.2. The molecule has 4 unspecified atom stereocenters. The highest BCUT2D eigenvalue weighted by Crippen LogP contribution is 2.45. The lowest BCUT2D eigenvalue weighted by Crippen LogP contribution is -2.30. The molecule has 0 aromatic carbocycles. The van der Waals surface area contributed by atoms with Gasteiger partial charge in [-0.2, -0.15) is 0 Å². The number of rotatable bonds is 81. The highest BCUT2D eigenvalue weighted by Gasteiger charge is 2.30. The summed E-state index contributed by atoms with van der Waals surface area (Å²) in [5.74, 6) is -0.411. The molecule has 0 spiro atoms. The van der Waals surface area contributed by atoms with Crippen LogP contribution < -0.4 is 0 Å². The Balaban J connectivity index is 5.23. The molecule has 17 nitrogen and oxygen atoms in total. The molecule has 0 saturated heterocycles. The summed E-state index contributed by atoms with van der Waals surface area (Å²) in [5, 5.41) is 10.6. The average Bonchev–Trinajstić information content (AvgIpc) is 0.957. The Kier molecular flexibility index (Phi) is 72.2. The molecule has 0 heterocycles. The summed E-state index contributed by atoms with van der Waals surface area (Å²) in [6.45, 7) is 9.74. The van der Waals surface area contributed by atoms with Crippen molar-refractivity contribution in [3.05, 3.63) is 0 Å². The molecule has 101 heavy (non-hydrogen) atoms. The van der Waals surface area contributed by atoms with Crippen molar-refractivity contribution < 1.29 is 80.2 Å². The molecule has 0 fully saturated rings. The van der Waals surface area contributed by atoms with Gasteiger partial charge in [-0.25, -0.2) is 9.13 Å². The van der Waals surface area contributed by atoms with E-state index in [0.29, 0.717) is 25.7 Å². The largest absolute Gasteiger partial charge is 0.472 e. The zero-order valence-corrected chi connectivity index (χ0v) is 68.0. The van der Waals surface area contributed by atoms with E-state index >= 15 is 0 Å². The molecule has 0 aliphatic heterocycles. The second kappa shape index (κ2) is 73.6. The molecular weight excluding hydrogens is 1320 g/mol. The van der Waals surface area contributed by atoms with Gasteiger partial charge >= 0.3 is 39.5 Å². The smallest absolute Gasteiger partial charge is 0.462 e. The average molecular weight is 1480 g/mol. The maximum atomic E-state index is 13.1. The van der Waals surface area contributed by atoms with E-state index in [4.69, 9.17) is 37.0 Å². The van der Waals surface area contributed by atoms with Gasteiger partial charge in [0.2, 0.25) is 0 Å². The van der Waals surface area contributed by atoms with Crippen LogP contribution in [0.5, 0.6) is 0 Å². The fraction of sp³-hybridized carbons (Fsp3) is 0.951. The van der Waals surface area contributed by atoms with E-state index in [9.17, 15) is 43.2 Å². The molecule has 7 atom stereocenters. The minimum absolute atomic E-state index is 0.108. The lowest BCUT2D eigenvalue weighted by Gasteiger charge is -2.21. The first-order chi connectivity index (χ1) is 48.9. The summed E-state index contributed by atoms with van der Waals surface area (Å²) in [6.07, 6.45) is 63.6. The van der Waals surface area contributed by atoms with Crippen LogP contribution in [0.3, 0.4) is 0 Å². The Bertz CT molecular complexity index is 1950. The molecule has 0 aliphatic rings. The van der Waals surface area contributed by atoms with Crippen LogP contribution in [0.15, 0.2) is 0 Å². The van der Waals surface area contributed by atoms with Crippen molar-refractivity contribution in [2.24, 2.45) is 11.8 Å². The number of unbranched alkanes of at least 4 members (excludes halogenated alkanes) is 49. The third-order valence-electron chi connectivity index (χ3n) is 19.9.